The molecule has 0 spiro atoms. The van der Waals surface area contributed by atoms with Gasteiger partial charge in [0, 0.05) is 11.7 Å². The summed E-state index contributed by atoms with van der Waals surface area (Å²) >= 11 is 0. The number of rotatable bonds is 4. The summed E-state index contributed by atoms with van der Waals surface area (Å²) in [7, 11) is 0. The summed E-state index contributed by atoms with van der Waals surface area (Å²) in [6.45, 7) is 1.97. The van der Waals surface area contributed by atoms with E-state index in [2.05, 4.69) is 20.8 Å². The highest BCUT2D eigenvalue weighted by Crippen LogP contribution is 2.29. The smallest absolute Gasteiger partial charge is 0.313 e. The number of anilines is 1. The van der Waals surface area contributed by atoms with Gasteiger partial charge >= 0.3 is 11.8 Å². The number of nitrogens with one attached hydrogen (secondary N) is 3. The molecule has 1 aromatic heterocycles. The van der Waals surface area contributed by atoms with Crippen LogP contribution in [-0.4, -0.2) is 28.1 Å². The molecule has 3 aromatic rings. The number of carbonyl (C=O) groups excluding carboxylic acids is 2. The maximum absolute atomic E-state index is 12.4. The molecule has 1 aliphatic rings. The number of fused-ring (bicyclic) bond motifs is 1. The van der Waals surface area contributed by atoms with E-state index in [4.69, 9.17) is 4.74 Å². The normalized spacial score (nSPS) is 15.3. The van der Waals surface area contributed by atoms with Crippen molar-refractivity contribution in [3.05, 3.63) is 71.5 Å². The maximum atomic E-state index is 12.4. The lowest BCUT2D eigenvalue weighted by atomic mass is 9.93. The van der Waals surface area contributed by atoms with Gasteiger partial charge in [-0.05, 0) is 61.6 Å². The molecule has 148 valence electrons. The Morgan fingerprint density at radius 1 is 1.14 bits per heavy atom. The van der Waals surface area contributed by atoms with Crippen LogP contribution >= 0.6 is 0 Å². The summed E-state index contributed by atoms with van der Waals surface area (Å²) in [4.78, 5) is 24.8. The molecule has 0 saturated carbocycles. The Morgan fingerprint density at radius 3 is 2.86 bits per heavy atom. The van der Waals surface area contributed by atoms with Gasteiger partial charge in [0.05, 0.1) is 11.9 Å². The first-order valence-electron chi connectivity index (χ1n) is 9.55. The van der Waals surface area contributed by atoms with Crippen molar-refractivity contribution in [2.75, 3.05) is 5.32 Å². The lowest BCUT2D eigenvalue weighted by molar-refractivity contribution is -0.136. The first-order valence-corrected chi connectivity index (χ1v) is 9.55. The molecular formula is C22H22N4O3. The molecule has 7 heteroatoms. The standard InChI is InChI=1S/C22H22N4O3/c1-14-5-4-6-17(11-14)29-20-8-3-2-7-19(20)25-22(28)21(27)24-16-9-10-18-15(12-16)13-23-26-18/h2-8,11,13,16H,9-10,12H2,1H3,(H,23,26)(H,24,27)(H,25,28)/t16-/m0/s1. The zero-order valence-electron chi connectivity index (χ0n) is 16.1. The van der Waals surface area contributed by atoms with Crippen molar-refractivity contribution in [2.24, 2.45) is 0 Å². The Hall–Kier alpha value is -3.61. The second-order valence-corrected chi connectivity index (χ2v) is 7.16. The fourth-order valence-electron chi connectivity index (χ4n) is 3.43. The second kappa shape index (κ2) is 8.18. The van der Waals surface area contributed by atoms with E-state index in [9.17, 15) is 9.59 Å². The number of amides is 2. The van der Waals surface area contributed by atoms with Crippen LogP contribution in [-0.2, 0) is 22.4 Å². The average molecular weight is 390 g/mol. The molecule has 1 heterocycles. The van der Waals surface area contributed by atoms with Crippen molar-refractivity contribution in [1.82, 2.24) is 15.5 Å². The molecule has 0 radical (unpaired) electrons. The Morgan fingerprint density at radius 2 is 2.00 bits per heavy atom. The molecule has 0 saturated heterocycles. The summed E-state index contributed by atoms with van der Waals surface area (Å²) in [6.07, 6.45) is 4.00. The lowest BCUT2D eigenvalue weighted by Crippen LogP contribution is -2.44. The molecule has 0 bridgehead atoms. The predicted octanol–water partition coefficient (Wildman–Crippen LogP) is 3.12. The molecule has 2 amide bonds. The monoisotopic (exact) mass is 390 g/mol. The molecule has 2 aromatic carbocycles. The molecule has 3 N–H and O–H groups in total. The van der Waals surface area contributed by atoms with E-state index >= 15 is 0 Å². The maximum Gasteiger partial charge on any atom is 0.313 e. The van der Waals surface area contributed by atoms with E-state index in [1.165, 1.54) is 0 Å². The first kappa shape index (κ1) is 18.7. The number of aromatic amines is 1. The molecular weight excluding hydrogens is 368 g/mol. The van der Waals surface area contributed by atoms with Crippen LogP contribution in [0.1, 0.15) is 23.2 Å². The molecule has 1 atom stereocenters. The number of aromatic nitrogens is 2. The fraction of sp³-hybridized carbons (Fsp3) is 0.227. The number of carbonyl (C=O) groups is 2. The number of aryl methyl sites for hydroxylation is 2. The number of ether oxygens (including phenoxy) is 1. The Labute approximate surface area is 168 Å². The molecule has 7 nitrogen and oxygen atoms in total. The zero-order valence-corrected chi connectivity index (χ0v) is 16.1. The Balaban J connectivity index is 1.40. The number of benzene rings is 2. The van der Waals surface area contributed by atoms with Crippen molar-refractivity contribution in [3.8, 4) is 11.5 Å². The topological polar surface area (TPSA) is 96.1 Å². The first-order chi connectivity index (χ1) is 14.1. The van der Waals surface area contributed by atoms with E-state index in [0.29, 0.717) is 23.6 Å². The van der Waals surface area contributed by atoms with E-state index in [1.54, 1.807) is 24.4 Å². The summed E-state index contributed by atoms with van der Waals surface area (Å²) < 4.78 is 5.89. The van der Waals surface area contributed by atoms with Gasteiger partial charge in [-0.2, -0.15) is 5.10 Å². The minimum atomic E-state index is -0.719. The van der Waals surface area contributed by atoms with E-state index in [0.717, 1.165) is 29.7 Å². The van der Waals surface area contributed by atoms with E-state index < -0.39 is 11.8 Å². The van der Waals surface area contributed by atoms with Gasteiger partial charge in [0.1, 0.15) is 5.75 Å². The summed E-state index contributed by atoms with van der Waals surface area (Å²) in [5, 5.41) is 12.5. The second-order valence-electron chi connectivity index (χ2n) is 7.16. The van der Waals surface area contributed by atoms with Crippen LogP contribution in [0.2, 0.25) is 0 Å². The molecule has 29 heavy (non-hydrogen) atoms. The predicted molar refractivity (Wildman–Crippen MR) is 109 cm³/mol. The van der Waals surface area contributed by atoms with Gasteiger partial charge in [-0.25, -0.2) is 0 Å². The van der Waals surface area contributed by atoms with Gasteiger partial charge in [-0.15, -0.1) is 0 Å². The summed E-state index contributed by atoms with van der Waals surface area (Å²) in [5.41, 5.74) is 3.69. The molecule has 0 unspecified atom stereocenters. The van der Waals surface area contributed by atoms with Gasteiger partial charge in [0.25, 0.3) is 0 Å². The van der Waals surface area contributed by atoms with Crippen LogP contribution in [0.15, 0.2) is 54.7 Å². The highest BCUT2D eigenvalue weighted by molar-refractivity contribution is 6.39. The van der Waals surface area contributed by atoms with Crippen LogP contribution in [0.5, 0.6) is 11.5 Å². The number of para-hydroxylation sites is 2. The quantitative estimate of drug-likeness (QED) is 0.597. The van der Waals surface area contributed by atoms with Gasteiger partial charge in [-0.1, -0.05) is 24.3 Å². The third-order valence-electron chi connectivity index (χ3n) is 4.91. The van der Waals surface area contributed by atoms with Gasteiger partial charge < -0.3 is 15.4 Å². The SMILES string of the molecule is Cc1cccc(Oc2ccccc2NC(=O)C(=O)N[C@H]2CCc3[nH]ncc3C2)c1. The van der Waals surface area contributed by atoms with Gasteiger partial charge in [-0.3, -0.25) is 14.7 Å². The molecule has 0 aliphatic heterocycles. The zero-order chi connectivity index (χ0) is 20.2. The Bertz CT molecular complexity index is 1040. The fourth-order valence-corrected chi connectivity index (χ4v) is 3.43. The average Bonchev–Trinajstić information content (AvgIpc) is 3.17. The largest absolute Gasteiger partial charge is 0.455 e. The van der Waals surface area contributed by atoms with Crippen molar-refractivity contribution in [3.63, 3.8) is 0 Å². The van der Waals surface area contributed by atoms with Crippen LogP contribution in [0.4, 0.5) is 5.69 Å². The van der Waals surface area contributed by atoms with Crippen LogP contribution < -0.4 is 15.4 Å². The number of hydrogen-bond donors (Lipinski definition) is 3. The number of hydrogen-bond acceptors (Lipinski definition) is 4. The Kier molecular flexibility index (Phi) is 5.29. The van der Waals surface area contributed by atoms with Gasteiger partial charge in [0.15, 0.2) is 5.75 Å². The highest BCUT2D eigenvalue weighted by atomic mass is 16.5. The summed E-state index contributed by atoms with van der Waals surface area (Å²) in [6, 6.07) is 14.6. The molecule has 1 aliphatic carbocycles. The number of H-pyrrole nitrogens is 1. The minimum absolute atomic E-state index is 0.0860. The van der Waals surface area contributed by atoms with Crippen molar-refractivity contribution >= 4 is 17.5 Å². The minimum Gasteiger partial charge on any atom is -0.455 e. The van der Waals surface area contributed by atoms with E-state index in [-0.39, 0.29) is 6.04 Å². The number of nitrogens with zero attached hydrogens (tertiary/aromatic N) is 1. The summed E-state index contributed by atoms with van der Waals surface area (Å²) in [5.74, 6) is -0.246. The van der Waals surface area contributed by atoms with Crippen molar-refractivity contribution < 1.29 is 14.3 Å². The van der Waals surface area contributed by atoms with Crippen LogP contribution in [0.25, 0.3) is 0 Å². The lowest BCUT2D eigenvalue weighted by Gasteiger charge is -2.22. The van der Waals surface area contributed by atoms with Gasteiger partial charge in [0.2, 0.25) is 0 Å². The van der Waals surface area contributed by atoms with E-state index in [1.807, 2.05) is 37.3 Å². The molecule has 0 fully saturated rings. The highest BCUT2D eigenvalue weighted by Gasteiger charge is 2.24. The third kappa shape index (κ3) is 4.45. The third-order valence-corrected chi connectivity index (χ3v) is 4.91. The van der Waals surface area contributed by atoms with Crippen molar-refractivity contribution in [2.45, 2.75) is 32.2 Å². The van der Waals surface area contributed by atoms with Crippen LogP contribution in [0, 0.1) is 6.92 Å². The van der Waals surface area contributed by atoms with Crippen molar-refractivity contribution in [1.29, 1.82) is 0 Å². The van der Waals surface area contributed by atoms with Crippen LogP contribution in [0.3, 0.4) is 0 Å². The molecule has 4 rings (SSSR count).